The highest BCUT2D eigenvalue weighted by Gasteiger charge is 2.20. The highest BCUT2D eigenvalue weighted by Crippen LogP contribution is 2.28. The van der Waals surface area contributed by atoms with E-state index < -0.39 is 15.9 Å². The van der Waals surface area contributed by atoms with E-state index >= 15 is 0 Å². The molecule has 0 saturated carbocycles. The molecule has 3 N–H and O–H groups in total. The molecular weight excluding hydrogens is 447 g/mol. The van der Waals surface area contributed by atoms with Crippen LogP contribution in [0.25, 0.3) is 0 Å². The quantitative estimate of drug-likeness (QED) is 0.579. The number of nitrogens with one attached hydrogen (secondary N) is 1. The molecule has 10 heteroatoms. The molecule has 0 saturated heterocycles. The van der Waals surface area contributed by atoms with Crippen molar-refractivity contribution in [1.29, 1.82) is 0 Å². The van der Waals surface area contributed by atoms with Crippen LogP contribution in [-0.4, -0.2) is 24.1 Å². The van der Waals surface area contributed by atoms with Gasteiger partial charge in [0.2, 0.25) is 10.0 Å². The standard InChI is InChI=1S/C20H20Cl2N4O3S/c1-12-16(13(2)26(25-12)11-14-6-4-3-5-7-14)10-24-20(27)15-8-19(30(23,28)29)18(22)9-17(15)21/h3-9H,10-11H2,1-2H3,(H,24,27)(H2,23,28,29). The van der Waals surface area contributed by atoms with Crippen molar-refractivity contribution < 1.29 is 13.2 Å². The molecule has 3 aromatic rings. The first-order chi connectivity index (χ1) is 14.1. The van der Waals surface area contributed by atoms with Crippen LogP contribution in [0.3, 0.4) is 0 Å². The van der Waals surface area contributed by atoms with E-state index in [9.17, 15) is 13.2 Å². The zero-order valence-corrected chi connectivity index (χ0v) is 18.6. The molecule has 0 aliphatic carbocycles. The highest BCUT2D eigenvalue weighted by molar-refractivity contribution is 7.89. The van der Waals surface area contributed by atoms with E-state index in [1.54, 1.807) is 0 Å². The molecule has 1 heterocycles. The van der Waals surface area contributed by atoms with Gasteiger partial charge in [0.15, 0.2) is 0 Å². The molecule has 30 heavy (non-hydrogen) atoms. The minimum atomic E-state index is -4.10. The number of aryl methyl sites for hydroxylation is 1. The number of sulfonamides is 1. The van der Waals surface area contributed by atoms with Gasteiger partial charge in [0.25, 0.3) is 5.91 Å². The first kappa shape index (κ1) is 22.3. The number of amides is 1. The number of aromatic nitrogens is 2. The Labute approximate surface area is 184 Å². The largest absolute Gasteiger partial charge is 0.348 e. The van der Waals surface area contributed by atoms with Crippen molar-refractivity contribution in [2.75, 3.05) is 0 Å². The topological polar surface area (TPSA) is 107 Å². The predicted molar refractivity (Wildman–Crippen MR) is 116 cm³/mol. The minimum Gasteiger partial charge on any atom is -0.348 e. The Balaban J connectivity index is 1.80. The van der Waals surface area contributed by atoms with Crippen molar-refractivity contribution in [3.8, 4) is 0 Å². The zero-order valence-electron chi connectivity index (χ0n) is 16.3. The van der Waals surface area contributed by atoms with Crippen molar-refractivity contribution >= 4 is 39.1 Å². The maximum absolute atomic E-state index is 12.6. The number of hydrogen-bond acceptors (Lipinski definition) is 4. The number of primary sulfonamides is 1. The molecule has 158 valence electrons. The number of benzene rings is 2. The van der Waals surface area contributed by atoms with E-state index in [4.69, 9.17) is 28.3 Å². The van der Waals surface area contributed by atoms with Gasteiger partial charge >= 0.3 is 0 Å². The average Bonchev–Trinajstić information content (AvgIpc) is 2.92. The van der Waals surface area contributed by atoms with E-state index in [0.717, 1.165) is 28.6 Å². The summed E-state index contributed by atoms with van der Waals surface area (Å²) in [5, 5.41) is 12.3. The van der Waals surface area contributed by atoms with E-state index in [-0.39, 0.29) is 27.0 Å². The zero-order chi connectivity index (χ0) is 22.1. The Bertz CT molecular complexity index is 1210. The van der Waals surface area contributed by atoms with Gasteiger partial charge in [-0.3, -0.25) is 9.48 Å². The summed E-state index contributed by atoms with van der Waals surface area (Å²) in [6.07, 6.45) is 0. The van der Waals surface area contributed by atoms with Gasteiger partial charge in [-0.15, -0.1) is 0 Å². The SMILES string of the molecule is Cc1nn(Cc2ccccc2)c(C)c1CNC(=O)c1cc(S(N)(=O)=O)c(Cl)cc1Cl. The fourth-order valence-corrected chi connectivity index (χ4v) is 4.49. The van der Waals surface area contributed by atoms with Gasteiger partial charge < -0.3 is 5.32 Å². The number of carbonyl (C=O) groups excluding carboxylic acids is 1. The summed E-state index contributed by atoms with van der Waals surface area (Å²) in [6.45, 7) is 4.61. The third-order valence-corrected chi connectivity index (χ3v) is 6.39. The lowest BCUT2D eigenvalue weighted by molar-refractivity contribution is 0.0951. The first-order valence-electron chi connectivity index (χ1n) is 8.94. The van der Waals surface area contributed by atoms with Crippen LogP contribution < -0.4 is 10.5 Å². The van der Waals surface area contributed by atoms with Crippen LogP contribution in [0.1, 0.15) is 32.9 Å². The Hall–Kier alpha value is -2.39. The normalized spacial score (nSPS) is 11.5. The number of rotatable bonds is 6. The maximum atomic E-state index is 12.6. The number of nitrogens with zero attached hydrogens (tertiary/aromatic N) is 2. The van der Waals surface area contributed by atoms with Gasteiger partial charge in [0.1, 0.15) is 4.90 Å². The molecule has 0 unspecified atom stereocenters. The van der Waals surface area contributed by atoms with Crippen LogP contribution in [0.4, 0.5) is 0 Å². The Morgan fingerprint density at radius 1 is 1.13 bits per heavy atom. The van der Waals surface area contributed by atoms with E-state index in [1.165, 1.54) is 6.07 Å². The van der Waals surface area contributed by atoms with Crippen molar-refractivity contribution in [2.24, 2.45) is 5.14 Å². The lowest BCUT2D eigenvalue weighted by Crippen LogP contribution is -2.24. The molecule has 0 aliphatic heterocycles. The number of hydrogen-bond donors (Lipinski definition) is 2. The van der Waals surface area contributed by atoms with Crippen LogP contribution in [0, 0.1) is 13.8 Å². The summed E-state index contributed by atoms with van der Waals surface area (Å²) < 4.78 is 25.2. The van der Waals surface area contributed by atoms with Crippen LogP contribution in [0.15, 0.2) is 47.4 Å². The molecule has 0 bridgehead atoms. The van der Waals surface area contributed by atoms with Gasteiger partial charge in [-0.25, -0.2) is 13.6 Å². The van der Waals surface area contributed by atoms with Crippen molar-refractivity contribution in [3.05, 3.63) is 80.6 Å². The van der Waals surface area contributed by atoms with Crippen LogP contribution >= 0.6 is 23.2 Å². The molecule has 0 atom stereocenters. The lowest BCUT2D eigenvalue weighted by Gasteiger charge is -2.10. The summed E-state index contributed by atoms with van der Waals surface area (Å²) in [5.41, 5.74) is 3.66. The molecule has 2 aromatic carbocycles. The molecule has 7 nitrogen and oxygen atoms in total. The molecule has 0 spiro atoms. The first-order valence-corrected chi connectivity index (χ1v) is 11.2. The van der Waals surface area contributed by atoms with Crippen LogP contribution in [0.2, 0.25) is 10.0 Å². The van der Waals surface area contributed by atoms with Crippen LogP contribution in [-0.2, 0) is 23.1 Å². The van der Waals surface area contributed by atoms with Crippen LogP contribution in [0.5, 0.6) is 0 Å². The Kier molecular flexibility index (Phi) is 6.52. The predicted octanol–water partition coefficient (Wildman–Crippen LogP) is 3.43. The van der Waals surface area contributed by atoms with Crippen molar-refractivity contribution in [3.63, 3.8) is 0 Å². The second kappa shape index (κ2) is 8.77. The monoisotopic (exact) mass is 466 g/mol. The third-order valence-electron chi connectivity index (χ3n) is 4.70. The summed E-state index contributed by atoms with van der Waals surface area (Å²) in [7, 11) is -4.10. The molecule has 0 fully saturated rings. The van der Waals surface area contributed by atoms with Crippen molar-refractivity contribution in [1.82, 2.24) is 15.1 Å². The second-order valence-electron chi connectivity index (χ2n) is 6.78. The third kappa shape index (κ3) is 4.84. The van der Waals surface area contributed by atoms with E-state index in [1.807, 2.05) is 48.9 Å². The summed E-state index contributed by atoms with van der Waals surface area (Å²) in [4.78, 5) is 12.3. The second-order valence-corrected chi connectivity index (χ2v) is 9.13. The lowest BCUT2D eigenvalue weighted by atomic mass is 10.1. The van der Waals surface area contributed by atoms with Gasteiger partial charge in [0, 0.05) is 17.8 Å². The van der Waals surface area contributed by atoms with E-state index in [2.05, 4.69) is 10.4 Å². The summed E-state index contributed by atoms with van der Waals surface area (Å²) in [5.74, 6) is -0.545. The molecule has 3 rings (SSSR count). The summed E-state index contributed by atoms with van der Waals surface area (Å²) in [6, 6.07) is 12.2. The molecule has 0 aliphatic rings. The fraction of sp³-hybridized carbons (Fsp3) is 0.200. The van der Waals surface area contributed by atoms with Gasteiger partial charge in [-0.1, -0.05) is 53.5 Å². The highest BCUT2D eigenvalue weighted by atomic mass is 35.5. The Morgan fingerprint density at radius 3 is 2.43 bits per heavy atom. The molecule has 1 aromatic heterocycles. The van der Waals surface area contributed by atoms with Gasteiger partial charge in [0.05, 0.1) is 27.8 Å². The Morgan fingerprint density at radius 2 is 1.80 bits per heavy atom. The molecule has 1 amide bonds. The smallest absolute Gasteiger partial charge is 0.253 e. The molecule has 0 radical (unpaired) electrons. The van der Waals surface area contributed by atoms with Gasteiger partial charge in [-0.2, -0.15) is 5.10 Å². The van der Waals surface area contributed by atoms with Crippen molar-refractivity contribution in [2.45, 2.75) is 31.8 Å². The maximum Gasteiger partial charge on any atom is 0.253 e. The fourth-order valence-electron chi connectivity index (χ4n) is 3.09. The van der Waals surface area contributed by atoms with Gasteiger partial charge in [-0.05, 0) is 31.5 Å². The minimum absolute atomic E-state index is 0.0260. The number of halogens is 2. The average molecular weight is 467 g/mol. The van der Waals surface area contributed by atoms with E-state index in [0.29, 0.717) is 6.54 Å². The number of nitrogens with two attached hydrogens (primary N) is 1. The summed E-state index contributed by atoms with van der Waals surface area (Å²) >= 11 is 12.0. The molecular formula is C20H20Cl2N4O3S. The number of carbonyl (C=O) groups is 1.